The summed E-state index contributed by atoms with van der Waals surface area (Å²) in [5, 5.41) is 18.4. The number of hydrogen-bond donors (Lipinski definition) is 4. The Morgan fingerprint density at radius 2 is 1.69 bits per heavy atom. The number of rotatable bonds is 8. The SMILES string of the molecule is Cc1nonc1C(=O)N[C@H](C(=O)Nc1ccc2c(c1)CC(C(=O)NC1CCC(F)(F)C1)(N1CC3(CC3)CNC1=O)C2)C1CCC(F)(F)CC1. The molecule has 5 amide bonds. The van der Waals surface area contributed by atoms with E-state index >= 15 is 0 Å². The Hall–Kier alpha value is -4.24. The second-order valence-electron chi connectivity index (χ2n) is 14.7. The van der Waals surface area contributed by atoms with Crippen LogP contribution in [0.2, 0.25) is 0 Å². The maximum Gasteiger partial charge on any atom is 0.318 e. The molecule has 1 aliphatic heterocycles. The summed E-state index contributed by atoms with van der Waals surface area (Å²) in [5.74, 6) is -8.13. The van der Waals surface area contributed by atoms with Gasteiger partial charge >= 0.3 is 6.03 Å². The molecule has 1 spiro atoms. The smallest absolute Gasteiger partial charge is 0.318 e. The number of hydrogen-bond acceptors (Lipinski definition) is 7. The minimum absolute atomic E-state index is 0.00947. The van der Waals surface area contributed by atoms with Gasteiger partial charge < -0.3 is 26.2 Å². The van der Waals surface area contributed by atoms with Gasteiger partial charge in [0.05, 0.1) is 0 Å². The monoisotopic (exact) mass is 689 g/mol. The van der Waals surface area contributed by atoms with Crippen LogP contribution < -0.4 is 21.3 Å². The fourth-order valence-corrected chi connectivity index (χ4v) is 7.94. The number of aromatic nitrogens is 2. The number of carbonyl (C=O) groups excluding carboxylic acids is 4. The predicted molar refractivity (Wildman–Crippen MR) is 165 cm³/mol. The molecule has 16 heteroatoms. The number of aryl methyl sites for hydroxylation is 1. The lowest BCUT2D eigenvalue weighted by molar-refractivity contribution is -0.133. The first-order chi connectivity index (χ1) is 23.2. The Kier molecular flexibility index (Phi) is 8.13. The maximum atomic E-state index is 14.1. The summed E-state index contributed by atoms with van der Waals surface area (Å²) in [4.78, 5) is 55.8. The molecule has 4 aliphatic carbocycles. The van der Waals surface area contributed by atoms with Crippen LogP contribution in [0.5, 0.6) is 0 Å². The van der Waals surface area contributed by atoms with Crippen molar-refractivity contribution < 1.29 is 41.4 Å². The van der Waals surface area contributed by atoms with Gasteiger partial charge in [-0.25, -0.2) is 27.0 Å². The molecule has 264 valence electrons. The Labute approximate surface area is 279 Å². The topological polar surface area (TPSA) is 159 Å². The minimum Gasteiger partial charge on any atom is -0.351 e. The summed E-state index contributed by atoms with van der Waals surface area (Å²) in [6.45, 7) is 2.39. The number of halogens is 4. The van der Waals surface area contributed by atoms with Crippen LogP contribution >= 0.6 is 0 Å². The minimum atomic E-state index is -2.86. The Morgan fingerprint density at radius 1 is 0.980 bits per heavy atom. The Bertz CT molecular complexity index is 1670. The van der Waals surface area contributed by atoms with Crippen molar-refractivity contribution in [3.8, 4) is 0 Å². The molecule has 0 radical (unpaired) electrons. The average molecular weight is 690 g/mol. The van der Waals surface area contributed by atoms with Crippen molar-refractivity contribution in [1.82, 2.24) is 31.2 Å². The third-order valence-corrected chi connectivity index (χ3v) is 11.1. The number of amides is 5. The standard InChI is InChI=1S/C33H39F4N7O5/c1-18-24(43-49-42-18)26(45)41-25(19-4-7-32(34,35)8-5-19)27(46)39-22-3-2-20-13-31(14-21(20)12-22,28(47)40-23-6-9-33(36,37)15-23)44-17-30(10-11-30)16-38-29(44)48/h2-3,12,19,23,25H,4-11,13-17H2,1H3,(H,38,48)(H,39,46)(H,40,47)(H,41,45)/t23?,25-,31?/m0/s1. The summed E-state index contributed by atoms with van der Waals surface area (Å²) < 4.78 is 60.7. The molecule has 3 saturated carbocycles. The first-order valence-electron chi connectivity index (χ1n) is 16.8. The lowest BCUT2D eigenvalue weighted by atomic mass is 9.81. The number of benzene rings is 1. The average Bonchev–Trinajstić information content (AvgIpc) is 3.31. The number of nitrogens with zero attached hydrogens (tertiary/aromatic N) is 3. The molecule has 3 atom stereocenters. The second kappa shape index (κ2) is 12.0. The molecule has 7 rings (SSSR count). The lowest BCUT2D eigenvalue weighted by Gasteiger charge is -2.45. The van der Waals surface area contributed by atoms with Crippen molar-refractivity contribution in [3.63, 3.8) is 0 Å². The third-order valence-electron chi connectivity index (χ3n) is 11.1. The van der Waals surface area contributed by atoms with Gasteiger partial charge in [0, 0.05) is 68.8 Å². The quantitative estimate of drug-likeness (QED) is 0.306. The van der Waals surface area contributed by atoms with Crippen molar-refractivity contribution >= 4 is 29.4 Å². The van der Waals surface area contributed by atoms with Crippen LogP contribution in [0.3, 0.4) is 0 Å². The van der Waals surface area contributed by atoms with E-state index in [1.165, 1.54) is 6.92 Å². The van der Waals surface area contributed by atoms with Crippen LogP contribution in [-0.4, -0.2) is 81.5 Å². The largest absolute Gasteiger partial charge is 0.351 e. The van der Waals surface area contributed by atoms with Gasteiger partial charge in [-0.2, -0.15) is 0 Å². The highest BCUT2D eigenvalue weighted by Gasteiger charge is 2.58. The first kappa shape index (κ1) is 33.3. The summed E-state index contributed by atoms with van der Waals surface area (Å²) in [6.07, 6.45) is 0.602. The molecule has 5 aliphatic rings. The van der Waals surface area contributed by atoms with Crippen molar-refractivity contribution in [1.29, 1.82) is 0 Å². The van der Waals surface area contributed by atoms with E-state index in [1.54, 1.807) is 23.1 Å². The van der Waals surface area contributed by atoms with Crippen LogP contribution in [0.25, 0.3) is 0 Å². The lowest BCUT2D eigenvalue weighted by Crippen LogP contribution is -2.68. The van der Waals surface area contributed by atoms with E-state index in [-0.39, 0.29) is 61.4 Å². The molecule has 49 heavy (non-hydrogen) atoms. The zero-order valence-corrected chi connectivity index (χ0v) is 27.1. The van der Waals surface area contributed by atoms with Gasteiger partial charge in [0.15, 0.2) is 5.69 Å². The van der Waals surface area contributed by atoms with Crippen molar-refractivity contribution in [2.24, 2.45) is 11.3 Å². The van der Waals surface area contributed by atoms with Crippen molar-refractivity contribution in [2.75, 3.05) is 18.4 Å². The van der Waals surface area contributed by atoms with Gasteiger partial charge in [-0.3, -0.25) is 14.4 Å². The van der Waals surface area contributed by atoms with Gasteiger partial charge in [-0.1, -0.05) is 11.2 Å². The van der Waals surface area contributed by atoms with Crippen LogP contribution in [0.15, 0.2) is 22.8 Å². The van der Waals surface area contributed by atoms with Crippen LogP contribution in [0, 0.1) is 18.3 Å². The fraction of sp³-hybridized carbons (Fsp3) is 0.636. The molecular weight excluding hydrogens is 650 g/mol. The molecule has 1 saturated heterocycles. The summed E-state index contributed by atoms with van der Waals surface area (Å²) in [7, 11) is 0. The number of alkyl halides is 4. The van der Waals surface area contributed by atoms with E-state index in [0.717, 1.165) is 18.4 Å². The van der Waals surface area contributed by atoms with Crippen molar-refractivity contribution in [2.45, 2.75) is 107 Å². The summed E-state index contributed by atoms with van der Waals surface area (Å²) in [6, 6.07) is 2.80. The van der Waals surface area contributed by atoms with Gasteiger partial charge in [0.2, 0.25) is 23.7 Å². The fourth-order valence-electron chi connectivity index (χ4n) is 7.94. The van der Waals surface area contributed by atoms with E-state index < -0.39 is 72.4 Å². The highest BCUT2D eigenvalue weighted by atomic mass is 19.3. The van der Waals surface area contributed by atoms with E-state index in [9.17, 15) is 36.7 Å². The molecule has 2 heterocycles. The molecule has 4 fully saturated rings. The molecular formula is C33H39F4N7O5. The number of fused-ring (bicyclic) bond motifs is 1. The van der Waals surface area contributed by atoms with E-state index in [2.05, 4.69) is 36.2 Å². The number of urea groups is 1. The van der Waals surface area contributed by atoms with Gasteiger partial charge in [0.1, 0.15) is 17.3 Å². The zero-order valence-electron chi connectivity index (χ0n) is 27.1. The van der Waals surface area contributed by atoms with E-state index in [1.807, 2.05) is 0 Å². The normalized spacial score (nSPS) is 27.2. The van der Waals surface area contributed by atoms with E-state index in [0.29, 0.717) is 24.3 Å². The van der Waals surface area contributed by atoms with Crippen LogP contribution in [-0.2, 0) is 22.4 Å². The Morgan fingerprint density at radius 3 is 2.35 bits per heavy atom. The first-order valence-corrected chi connectivity index (χ1v) is 16.8. The molecule has 12 nitrogen and oxygen atoms in total. The highest BCUT2D eigenvalue weighted by Crippen LogP contribution is 2.50. The Balaban J connectivity index is 1.12. The van der Waals surface area contributed by atoms with E-state index in [4.69, 9.17) is 0 Å². The molecule has 2 aromatic rings. The molecule has 2 unspecified atom stereocenters. The number of carbonyl (C=O) groups is 4. The molecule has 1 aromatic heterocycles. The van der Waals surface area contributed by atoms with Crippen LogP contribution in [0.1, 0.15) is 85.1 Å². The van der Waals surface area contributed by atoms with Crippen LogP contribution in [0.4, 0.5) is 28.0 Å². The highest BCUT2D eigenvalue weighted by molar-refractivity contribution is 6.01. The van der Waals surface area contributed by atoms with Gasteiger partial charge in [-0.15, -0.1) is 0 Å². The van der Waals surface area contributed by atoms with Gasteiger partial charge in [-0.05, 0) is 73.4 Å². The molecule has 0 bridgehead atoms. The summed E-state index contributed by atoms with van der Waals surface area (Å²) in [5.41, 5.74) is 0.389. The second-order valence-corrected chi connectivity index (χ2v) is 14.7. The number of nitrogens with one attached hydrogen (secondary N) is 4. The zero-order chi connectivity index (χ0) is 34.8. The maximum absolute atomic E-state index is 14.1. The molecule has 4 N–H and O–H groups in total. The predicted octanol–water partition coefficient (Wildman–Crippen LogP) is 3.89. The van der Waals surface area contributed by atoms with Crippen molar-refractivity contribution in [3.05, 3.63) is 40.7 Å². The number of anilines is 1. The summed E-state index contributed by atoms with van der Waals surface area (Å²) >= 11 is 0. The van der Waals surface area contributed by atoms with Gasteiger partial charge in [0.25, 0.3) is 5.91 Å². The third kappa shape index (κ3) is 6.57. The molecule has 1 aromatic carbocycles.